The summed E-state index contributed by atoms with van der Waals surface area (Å²) in [7, 11) is 0. The molecule has 0 atom stereocenters. The zero-order chi connectivity index (χ0) is 9.26. The number of benzene rings is 1. The lowest BCUT2D eigenvalue weighted by atomic mass is 10.3. The maximum Gasteiger partial charge on any atom is 0.145 e. The number of nitrogens with two attached hydrogens (primary N) is 1. The van der Waals surface area contributed by atoms with E-state index in [2.05, 4.69) is 21.0 Å². The van der Waals surface area contributed by atoms with Crippen molar-refractivity contribution in [3.05, 3.63) is 41.0 Å². The molecule has 3 nitrogen and oxygen atoms in total. The maximum atomic E-state index is 5.52. The Kier molecular flexibility index (Phi) is 2.06. The van der Waals surface area contributed by atoms with Crippen LogP contribution in [0, 0.1) is 0 Å². The van der Waals surface area contributed by atoms with Crippen molar-refractivity contribution in [3.8, 4) is 5.69 Å². The number of nitrogen functional groups attached to an aromatic ring is 1. The molecule has 0 fully saturated rings. The first-order valence-electron chi connectivity index (χ1n) is 3.83. The van der Waals surface area contributed by atoms with Gasteiger partial charge in [0, 0.05) is 16.7 Å². The van der Waals surface area contributed by atoms with E-state index in [1.165, 1.54) is 0 Å². The van der Waals surface area contributed by atoms with Crippen molar-refractivity contribution in [2.75, 3.05) is 5.73 Å². The number of hydrogen-bond acceptors (Lipinski definition) is 2. The highest BCUT2D eigenvalue weighted by Crippen LogP contribution is 2.19. The molecule has 0 saturated carbocycles. The summed E-state index contributed by atoms with van der Waals surface area (Å²) in [6.07, 6.45) is 1.83. The predicted octanol–water partition coefficient (Wildman–Crippen LogP) is 2.22. The van der Waals surface area contributed by atoms with Crippen molar-refractivity contribution in [2.45, 2.75) is 0 Å². The molecule has 0 aliphatic carbocycles. The lowest BCUT2D eigenvalue weighted by Crippen LogP contribution is -1.96. The Hall–Kier alpha value is -1.29. The fourth-order valence-electron chi connectivity index (χ4n) is 1.11. The van der Waals surface area contributed by atoms with Crippen molar-refractivity contribution >= 4 is 21.7 Å². The van der Waals surface area contributed by atoms with Crippen LogP contribution in [0.4, 0.5) is 5.82 Å². The van der Waals surface area contributed by atoms with E-state index in [1.54, 1.807) is 10.7 Å². The van der Waals surface area contributed by atoms with Gasteiger partial charge < -0.3 is 5.73 Å². The molecular formula is C9H8BrN3. The lowest BCUT2D eigenvalue weighted by molar-refractivity contribution is 0.881. The molecule has 0 bridgehead atoms. The van der Waals surface area contributed by atoms with Gasteiger partial charge in [0.05, 0.1) is 5.69 Å². The SMILES string of the molecule is Nc1ccn(-c2ccccc2Br)n1. The molecule has 0 spiro atoms. The first kappa shape index (κ1) is 8.31. The third-order valence-corrected chi connectivity index (χ3v) is 2.38. The predicted molar refractivity (Wildman–Crippen MR) is 55.7 cm³/mol. The second-order valence-corrected chi connectivity index (χ2v) is 3.49. The van der Waals surface area contributed by atoms with Crippen molar-refractivity contribution in [2.24, 2.45) is 0 Å². The number of hydrogen-bond donors (Lipinski definition) is 1. The first-order chi connectivity index (χ1) is 6.27. The van der Waals surface area contributed by atoms with Gasteiger partial charge in [0.2, 0.25) is 0 Å². The van der Waals surface area contributed by atoms with Crippen LogP contribution in [-0.2, 0) is 0 Å². The number of rotatable bonds is 1. The molecule has 1 aromatic carbocycles. The Bertz CT molecular complexity index is 422. The van der Waals surface area contributed by atoms with Gasteiger partial charge in [0.1, 0.15) is 5.82 Å². The van der Waals surface area contributed by atoms with Gasteiger partial charge in [-0.05, 0) is 28.1 Å². The summed E-state index contributed by atoms with van der Waals surface area (Å²) < 4.78 is 2.73. The Labute approximate surface area is 84.3 Å². The highest BCUT2D eigenvalue weighted by molar-refractivity contribution is 9.10. The molecule has 1 aromatic heterocycles. The van der Waals surface area contributed by atoms with E-state index in [-0.39, 0.29) is 0 Å². The summed E-state index contributed by atoms with van der Waals surface area (Å²) in [6.45, 7) is 0. The van der Waals surface area contributed by atoms with Crippen molar-refractivity contribution < 1.29 is 0 Å². The minimum absolute atomic E-state index is 0.524. The molecule has 66 valence electrons. The number of anilines is 1. The monoisotopic (exact) mass is 237 g/mol. The average molecular weight is 238 g/mol. The van der Waals surface area contributed by atoms with Crippen molar-refractivity contribution in [1.29, 1.82) is 0 Å². The third kappa shape index (κ3) is 1.58. The maximum absolute atomic E-state index is 5.52. The molecule has 0 aliphatic heterocycles. The van der Waals surface area contributed by atoms with Crippen LogP contribution < -0.4 is 5.73 Å². The molecule has 0 saturated heterocycles. The lowest BCUT2D eigenvalue weighted by Gasteiger charge is -2.02. The summed E-state index contributed by atoms with van der Waals surface area (Å²) in [4.78, 5) is 0. The first-order valence-corrected chi connectivity index (χ1v) is 4.63. The minimum Gasteiger partial charge on any atom is -0.382 e. The van der Waals surface area contributed by atoms with Crippen LogP contribution in [0.15, 0.2) is 41.0 Å². The zero-order valence-electron chi connectivity index (χ0n) is 6.81. The number of nitrogens with zero attached hydrogens (tertiary/aromatic N) is 2. The van der Waals surface area contributed by atoms with Crippen LogP contribution >= 0.6 is 15.9 Å². The van der Waals surface area contributed by atoms with E-state index in [4.69, 9.17) is 5.73 Å². The molecule has 13 heavy (non-hydrogen) atoms. The normalized spacial score (nSPS) is 10.2. The van der Waals surface area contributed by atoms with Gasteiger partial charge in [-0.25, -0.2) is 4.68 Å². The van der Waals surface area contributed by atoms with Crippen LogP contribution in [0.5, 0.6) is 0 Å². The smallest absolute Gasteiger partial charge is 0.145 e. The molecular weight excluding hydrogens is 230 g/mol. The van der Waals surface area contributed by atoms with Crippen LogP contribution in [0.3, 0.4) is 0 Å². The van der Waals surface area contributed by atoms with Gasteiger partial charge in [-0.1, -0.05) is 12.1 Å². The van der Waals surface area contributed by atoms with Gasteiger partial charge in [-0.3, -0.25) is 0 Å². The summed E-state index contributed by atoms with van der Waals surface area (Å²) in [5.74, 6) is 0.524. The summed E-state index contributed by atoms with van der Waals surface area (Å²) >= 11 is 3.44. The van der Waals surface area contributed by atoms with Crippen LogP contribution in [0.25, 0.3) is 5.69 Å². The Morgan fingerprint density at radius 3 is 2.62 bits per heavy atom. The number of aromatic nitrogens is 2. The molecule has 0 unspecified atom stereocenters. The molecule has 2 rings (SSSR count). The topological polar surface area (TPSA) is 43.8 Å². The number of halogens is 1. The van der Waals surface area contributed by atoms with E-state index < -0.39 is 0 Å². The van der Waals surface area contributed by atoms with E-state index in [0.29, 0.717) is 5.82 Å². The molecule has 0 radical (unpaired) electrons. The van der Waals surface area contributed by atoms with E-state index in [0.717, 1.165) is 10.2 Å². The van der Waals surface area contributed by atoms with Crippen molar-refractivity contribution in [1.82, 2.24) is 9.78 Å². The van der Waals surface area contributed by atoms with Gasteiger partial charge >= 0.3 is 0 Å². The van der Waals surface area contributed by atoms with Crippen LogP contribution in [0.1, 0.15) is 0 Å². The quantitative estimate of drug-likeness (QED) is 0.827. The highest BCUT2D eigenvalue weighted by Gasteiger charge is 2.01. The summed E-state index contributed by atoms with van der Waals surface area (Å²) in [5.41, 5.74) is 6.50. The second-order valence-electron chi connectivity index (χ2n) is 2.64. The van der Waals surface area contributed by atoms with Gasteiger partial charge in [0.15, 0.2) is 0 Å². The van der Waals surface area contributed by atoms with E-state index in [1.807, 2.05) is 30.5 Å². The van der Waals surface area contributed by atoms with E-state index in [9.17, 15) is 0 Å². The number of para-hydroxylation sites is 1. The second kappa shape index (κ2) is 3.22. The largest absolute Gasteiger partial charge is 0.382 e. The van der Waals surface area contributed by atoms with Gasteiger partial charge in [0.25, 0.3) is 0 Å². The minimum atomic E-state index is 0.524. The molecule has 4 heteroatoms. The van der Waals surface area contributed by atoms with Crippen LogP contribution in [-0.4, -0.2) is 9.78 Å². The molecule has 1 heterocycles. The third-order valence-electron chi connectivity index (χ3n) is 1.71. The Morgan fingerprint density at radius 2 is 2.00 bits per heavy atom. The molecule has 2 aromatic rings. The van der Waals surface area contributed by atoms with E-state index >= 15 is 0 Å². The zero-order valence-corrected chi connectivity index (χ0v) is 8.40. The van der Waals surface area contributed by atoms with Crippen LogP contribution in [0.2, 0.25) is 0 Å². The molecule has 0 amide bonds. The van der Waals surface area contributed by atoms with Gasteiger partial charge in [-0.15, -0.1) is 0 Å². The Balaban J connectivity index is 2.52. The fourth-order valence-corrected chi connectivity index (χ4v) is 1.58. The summed E-state index contributed by atoms with van der Waals surface area (Å²) in [5, 5.41) is 4.11. The Morgan fingerprint density at radius 1 is 1.23 bits per heavy atom. The molecule has 2 N–H and O–H groups in total. The standard InChI is InChI=1S/C9H8BrN3/c10-7-3-1-2-4-8(7)13-6-5-9(11)12-13/h1-6H,(H2,11,12). The highest BCUT2D eigenvalue weighted by atomic mass is 79.9. The summed E-state index contributed by atoms with van der Waals surface area (Å²) in [6, 6.07) is 9.61. The van der Waals surface area contributed by atoms with Gasteiger partial charge in [-0.2, -0.15) is 5.10 Å². The molecule has 0 aliphatic rings. The average Bonchev–Trinajstić information content (AvgIpc) is 2.53. The fraction of sp³-hybridized carbons (Fsp3) is 0. The van der Waals surface area contributed by atoms with Crippen molar-refractivity contribution in [3.63, 3.8) is 0 Å².